The highest BCUT2D eigenvalue weighted by Crippen LogP contribution is 2.16. The van der Waals surface area contributed by atoms with Crippen molar-refractivity contribution in [2.24, 2.45) is 0 Å². The smallest absolute Gasteiger partial charge is 0.250 e. The molecular formula is C9H7N4+. The molecule has 0 aliphatic rings. The Morgan fingerprint density at radius 1 is 1.15 bits per heavy atom. The van der Waals surface area contributed by atoms with E-state index in [4.69, 9.17) is 0 Å². The molecule has 0 spiro atoms. The lowest BCUT2D eigenvalue weighted by atomic mass is 10.4. The van der Waals surface area contributed by atoms with Gasteiger partial charge in [0.15, 0.2) is 11.0 Å². The van der Waals surface area contributed by atoms with Crippen LogP contribution in [-0.4, -0.2) is 15.0 Å². The summed E-state index contributed by atoms with van der Waals surface area (Å²) in [5.41, 5.74) is 3.72. The first-order valence-corrected chi connectivity index (χ1v) is 4.04. The first kappa shape index (κ1) is 6.54. The topological polar surface area (TPSA) is 55.7 Å². The van der Waals surface area contributed by atoms with Crippen LogP contribution in [0.3, 0.4) is 0 Å². The molecule has 0 aromatic carbocycles. The maximum absolute atomic E-state index is 4.26. The number of aromatic amines is 2. The van der Waals surface area contributed by atoms with Crippen LogP contribution < -0.4 is 4.98 Å². The third-order valence-corrected chi connectivity index (χ3v) is 2.03. The van der Waals surface area contributed by atoms with E-state index in [9.17, 15) is 0 Å². The van der Waals surface area contributed by atoms with E-state index in [2.05, 4.69) is 19.9 Å². The average molecular weight is 171 g/mol. The number of H-pyrrole nitrogens is 2. The molecule has 0 aliphatic carbocycles. The van der Waals surface area contributed by atoms with Gasteiger partial charge in [0.25, 0.3) is 0 Å². The van der Waals surface area contributed by atoms with Gasteiger partial charge >= 0.3 is 5.65 Å². The van der Waals surface area contributed by atoms with Crippen LogP contribution in [0.2, 0.25) is 0 Å². The Hall–Kier alpha value is -1.97. The Morgan fingerprint density at radius 3 is 3.08 bits per heavy atom. The maximum atomic E-state index is 4.26. The fourth-order valence-corrected chi connectivity index (χ4v) is 1.47. The minimum Gasteiger partial charge on any atom is -0.250 e. The third-order valence-electron chi connectivity index (χ3n) is 2.03. The van der Waals surface area contributed by atoms with Gasteiger partial charge in [0.05, 0.1) is 6.20 Å². The van der Waals surface area contributed by atoms with E-state index in [1.54, 1.807) is 18.6 Å². The Morgan fingerprint density at radius 2 is 2.08 bits per heavy atom. The molecule has 4 heteroatoms. The Balaban J connectivity index is 2.64. The molecule has 0 bridgehead atoms. The van der Waals surface area contributed by atoms with Crippen molar-refractivity contribution in [1.29, 1.82) is 0 Å². The van der Waals surface area contributed by atoms with E-state index in [0.717, 1.165) is 22.2 Å². The van der Waals surface area contributed by atoms with Crippen molar-refractivity contribution in [3.8, 4) is 0 Å². The monoisotopic (exact) mass is 171 g/mol. The summed E-state index contributed by atoms with van der Waals surface area (Å²) in [6.07, 6.45) is 5.28. The van der Waals surface area contributed by atoms with Crippen molar-refractivity contribution in [1.82, 2.24) is 15.0 Å². The number of nitrogens with zero attached hydrogens (tertiary/aromatic N) is 2. The first-order valence-electron chi connectivity index (χ1n) is 4.04. The number of fused-ring (bicyclic) bond motifs is 3. The van der Waals surface area contributed by atoms with Crippen molar-refractivity contribution < 1.29 is 4.98 Å². The van der Waals surface area contributed by atoms with E-state index in [1.807, 2.05) is 12.1 Å². The number of pyridine rings is 1. The molecule has 0 radical (unpaired) electrons. The molecule has 3 aromatic heterocycles. The average Bonchev–Trinajstić information content (AvgIpc) is 2.56. The van der Waals surface area contributed by atoms with E-state index in [0.29, 0.717) is 0 Å². The summed E-state index contributed by atoms with van der Waals surface area (Å²) in [7, 11) is 0. The molecule has 2 N–H and O–H groups in total. The highest BCUT2D eigenvalue weighted by molar-refractivity contribution is 5.99. The van der Waals surface area contributed by atoms with Gasteiger partial charge < -0.3 is 0 Å². The largest absolute Gasteiger partial charge is 0.306 e. The van der Waals surface area contributed by atoms with Crippen LogP contribution in [0, 0.1) is 0 Å². The molecule has 4 nitrogen and oxygen atoms in total. The van der Waals surface area contributed by atoms with Crippen LogP contribution in [0.5, 0.6) is 0 Å². The van der Waals surface area contributed by atoms with Gasteiger partial charge in [0.1, 0.15) is 11.7 Å². The van der Waals surface area contributed by atoms with Crippen molar-refractivity contribution in [2.75, 3.05) is 0 Å². The minimum atomic E-state index is 0.887. The van der Waals surface area contributed by atoms with E-state index in [1.165, 1.54) is 0 Å². The van der Waals surface area contributed by atoms with Crippen LogP contribution in [0.1, 0.15) is 0 Å². The molecule has 0 aliphatic heterocycles. The zero-order chi connectivity index (χ0) is 8.67. The molecule has 13 heavy (non-hydrogen) atoms. The second-order valence-electron chi connectivity index (χ2n) is 2.84. The zero-order valence-corrected chi connectivity index (χ0v) is 6.78. The van der Waals surface area contributed by atoms with Crippen LogP contribution in [0.15, 0.2) is 30.7 Å². The van der Waals surface area contributed by atoms with Crippen molar-refractivity contribution in [2.45, 2.75) is 0 Å². The predicted molar refractivity (Wildman–Crippen MR) is 48.0 cm³/mol. The Kier molecular flexibility index (Phi) is 1.14. The lowest BCUT2D eigenvalue weighted by Gasteiger charge is -1.82. The van der Waals surface area contributed by atoms with Crippen LogP contribution in [0.4, 0.5) is 0 Å². The number of aromatic nitrogens is 4. The summed E-state index contributed by atoms with van der Waals surface area (Å²) in [5, 5.41) is 0. The van der Waals surface area contributed by atoms with Gasteiger partial charge in [0, 0.05) is 6.20 Å². The molecule has 0 fully saturated rings. The van der Waals surface area contributed by atoms with Crippen molar-refractivity contribution >= 4 is 22.2 Å². The molecule has 62 valence electrons. The van der Waals surface area contributed by atoms with Crippen molar-refractivity contribution in [3.05, 3.63) is 30.7 Å². The fraction of sp³-hybridized carbons (Fsp3) is 0. The zero-order valence-electron chi connectivity index (χ0n) is 6.78. The van der Waals surface area contributed by atoms with Crippen molar-refractivity contribution in [3.63, 3.8) is 0 Å². The minimum absolute atomic E-state index is 0.887. The lowest BCUT2D eigenvalue weighted by Crippen LogP contribution is -2.01. The second-order valence-corrected chi connectivity index (χ2v) is 2.84. The standard InChI is InChI=1S/C9H6N4/c1-2-6-7(10-3-1)8-9(13-6)12-5-4-11-8/h1-5H,(H,12,13)/p+1. The van der Waals surface area contributed by atoms with Crippen LogP contribution >= 0.6 is 0 Å². The van der Waals surface area contributed by atoms with Gasteiger partial charge in [-0.25, -0.2) is 19.9 Å². The summed E-state index contributed by atoms with van der Waals surface area (Å²) in [6, 6.07) is 3.88. The van der Waals surface area contributed by atoms with Gasteiger partial charge in [-0.15, -0.1) is 0 Å². The summed E-state index contributed by atoms with van der Waals surface area (Å²) >= 11 is 0. The van der Waals surface area contributed by atoms with Gasteiger partial charge in [0.2, 0.25) is 0 Å². The molecule has 0 atom stereocenters. The maximum Gasteiger partial charge on any atom is 0.306 e. The summed E-state index contributed by atoms with van der Waals surface area (Å²) in [5.74, 6) is 0. The lowest BCUT2D eigenvalue weighted by molar-refractivity contribution is -0.347. The normalized spacial score (nSPS) is 11.1. The Labute approximate surface area is 73.7 Å². The van der Waals surface area contributed by atoms with Crippen LogP contribution in [0.25, 0.3) is 22.2 Å². The highest BCUT2D eigenvalue weighted by atomic mass is 14.9. The number of hydrogen-bond acceptors (Lipinski definition) is 2. The molecule has 0 saturated heterocycles. The molecule has 0 amide bonds. The van der Waals surface area contributed by atoms with E-state index in [-0.39, 0.29) is 0 Å². The van der Waals surface area contributed by atoms with E-state index < -0.39 is 0 Å². The molecular weight excluding hydrogens is 164 g/mol. The highest BCUT2D eigenvalue weighted by Gasteiger charge is 2.10. The SMILES string of the molecule is c1cnc2c(c1)[nH]c1[nH+]ccnc12. The summed E-state index contributed by atoms with van der Waals surface area (Å²) < 4.78 is 0. The molecule has 3 heterocycles. The van der Waals surface area contributed by atoms with Gasteiger partial charge in [-0.1, -0.05) is 0 Å². The van der Waals surface area contributed by atoms with Gasteiger partial charge in [-0.05, 0) is 12.1 Å². The summed E-state index contributed by atoms with van der Waals surface area (Å²) in [4.78, 5) is 14.8. The summed E-state index contributed by atoms with van der Waals surface area (Å²) in [6.45, 7) is 0. The second kappa shape index (κ2) is 2.26. The van der Waals surface area contributed by atoms with E-state index >= 15 is 0 Å². The quantitative estimate of drug-likeness (QED) is 0.547. The first-order chi connectivity index (χ1) is 6.45. The number of hydrogen-bond donors (Lipinski definition) is 1. The predicted octanol–water partition coefficient (Wildman–Crippen LogP) is 0.925. The van der Waals surface area contributed by atoms with Gasteiger partial charge in [-0.3, -0.25) is 0 Å². The molecule has 0 unspecified atom stereocenters. The molecule has 3 rings (SSSR count). The van der Waals surface area contributed by atoms with Crippen LogP contribution in [-0.2, 0) is 0 Å². The third kappa shape index (κ3) is 0.823. The Bertz CT molecular complexity index is 519. The number of nitrogens with one attached hydrogen (secondary N) is 2. The molecule has 0 saturated carbocycles. The molecule has 3 aromatic rings. The van der Waals surface area contributed by atoms with Gasteiger partial charge in [-0.2, -0.15) is 0 Å². The number of rotatable bonds is 0. The fourth-order valence-electron chi connectivity index (χ4n) is 1.47.